The molecular weight excluding hydrogens is 390 g/mol. The lowest BCUT2D eigenvalue weighted by Crippen LogP contribution is -2.34. The number of benzene rings is 1. The monoisotopic (exact) mass is 415 g/mol. The van der Waals surface area contributed by atoms with Crippen molar-refractivity contribution in [2.24, 2.45) is 23.7 Å². The van der Waals surface area contributed by atoms with Gasteiger partial charge in [0.1, 0.15) is 6.10 Å². The van der Waals surface area contributed by atoms with E-state index in [1.807, 2.05) is 6.92 Å². The molecule has 4 rings (SSSR count). The van der Waals surface area contributed by atoms with Crippen LogP contribution in [0.1, 0.15) is 43.0 Å². The Balaban J connectivity index is 1.25. The summed E-state index contributed by atoms with van der Waals surface area (Å²) in [6, 6.07) is 6.29. The summed E-state index contributed by atoms with van der Waals surface area (Å²) < 4.78 is 15.7. The molecule has 1 amide bonds. The SMILES string of the molecule is CCCCOC(=O)c1ccc(NC(=O)COC(=O)[C@H]2[C@@H]3C[C@@H]4[C@@H]2C(=O)O[C@@H]4C3)cc1. The zero-order valence-corrected chi connectivity index (χ0v) is 16.8. The largest absolute Gasteiger partial charge is 0.462 e. The summed E-state index contributed by atoms with van der Waals surface area (Å²) in [7, 11) is 0. The second-order valence-corrected chi connectivity index (χ2v) is 8.14. The van der Waals surface area contributed by atoms with Crippen LogP contribution in [0.25, 0.3) is 0 Å². The zero-order chi connectivity index (χ0) is 21.3. The van der Waals surface area contributed by atoms with E-state index in [9.17, 15) is 19.2 Å². The highest BCUT2D eigenvalue weighted by Gasteiger charge is 2.64. The van der Waals surface area contributed by atoms with Gasteiger partial charge in [-0.3, -0.25) is 14.4 Å². The molecule has 3 aliphatic rings. The molecular formula is C22H25NO7. The highest BCUT2D eigenvalue weighted by atomic mass is 16.6. The van der Waals surface area contributed by atoms with Gasteiger partial charge in [0.05, 0.1) is 24.0 Å². The number of fused-ring (bicyclic) bond motifs is 1. The van der Waals surface area contributed by atoms with Gasteiger partial charge in [-0.05, 0) is 49.4 Å². The number of carbonyl (C=O) groups is 4. The fourth-order valence-corrected chi connectivity index (χ4v) is 4.84. The molecule has 0 unspecified atom stereocenters. The van der Waals surface area contributed by atoms with Crippen molar-refractivity contribution in [2.45, 2.75) is 38.7 Å². The highest BCUT2D eigenvalue weighted by molar-refractivity contribution is 5.95. The molecule has 160 valence electrons. The molecule has 1 aliphatic heterocycles. The first kappa shape index (κ1) is 20.4. The minimum atomic E-state index is -0.509. The van der Waals surface area contributed by atoms with Gasteiger partial charge in [-0.25, -0.2) is 4.79 Å². The molecule has 3 fully saturated rings. The summed E-state index contributed by atoms with van der Waals surface area (Å²) in [5, 5.41) is 2.62. The molecule has 8 nitrogen and oxygen atoms in total. The van der Waals surface area contributed by atoms with Crippen LogP contribution in [-0.4, -0.2) is 43.1 Å². The number of nitrogens with one attached hydrogen (secondary N) is 1. The van der Waals surface area contributed by atoms with Crippen molar-refractivity contribution >= 4 is 29.5 Å². The predicted octanol–water partition coefficient (Wildman–Crippen LogP) is 2.32. The molecule has 1 N–H and O–H groups in total. The molecule has 1 aromatic carbocycles. The maximum atomic E-state index is 12.5. The van der Waals surface area contributed by atoms with Gasteiger partial charge in [-0.15, -0.1) is 0 Å². The number of hydrogen-bond donors (Lipinski definition) is 1. The molecule has 0 radical (unpaired) electrons. The Morgan fingerprint density at radius 2 is 1.90 bits per heavy atom. The third-order valence-electron chi connectivity index (χ3n) is 6.24. The molecule has 8 heteroatoms. The Morgan fingerprint density at radius 1 is 1.13 bits per heavy atom. The van der Waals surface area contributed by atoms with Crippen molar-refractivity contribution in [3.8, 4) is 0 Å². The Labute approximate surface area is 174 Å². The van der Waals surface area contributed by atoms with Crippen LogP contribution in [0.4, 0.5) is 5.69 Å². The smallest absolute Gasteiger partial charge is 0.338 e. The van der Waals surface area contributed by atoms with Crippen molar-refractivity contribution in [1.29, 1.82) is 0 Å². The van der Waals surface area contributed by atoms with Gasteiger partial charge in [-0.1, -0.05) is 13.3 Å². The van der Waals surface area contributed by atoms with Gasteiger partial charge in [0.25, 0.3) is 5.91 Å². The first-order valence-electron chi connectivity index (χ1n) is 10.4. The number of carbonyl (C=O) groups excluding carboxylic acids is 4. The van der Waals surface area contributed by atoms with Crippen molar-refractivity contribution < 1.29 is 33.4 Å². The number of esters is 3. The van der Waals surface area contributed by atoms with E-state index in [-0.39, 0.29) is 23.9 Å². The van der Waals surface area contributed by atoms with E-state index in [1.54, 1.807) is 24.3 Å². The van der Waals surface area contributed by atoms with Gasteiger partial charge in [0, 0.05) is 11.6 Å². The highest BCUT2D eigenvalue weighted by Crippen LogP contribution is 2.57. The van der Waals surface area contributed by atoms with Gasteiger partial charge in [-0.2, -0.15) is 0 Å². The Bertz CT molecular complexity index is 848. The van der Waals surface area contributed by atoms with Crippen molar-refractivity contribution in [2.75, 3.05) is 18.5 Å². The van der Waals surface area contributed by atoms with E-state index in [0.717, 1.165) is 19.3 Å². The molecule has 1 saturated heterocycles. The van der Waals surface area contributed by atoms with Crippen LogP contribution >= 0.6 is 0 Å². The maximum absolute atomic E-state index is 12.5. The fourth-order valence-electron chi connectivity index (χ4n) is 4.84. The summed E-state index contributed by atoms with van der Waals surface area (Å²) in [6.45, 7) is 1.96. The van der Waals surface area contributed by atoms with E-state index >= 15 is 0 Å². The van der Waals surface area contributed by atoms with E-state index in [4.69, 9.17) is 14.2 Å². The summed E-state index contributed by atoms with van der Waals surface area (Å²) in [5.74, 6) is -2.45. The lowest BCUT2D eigenvalue weighted by Gasteiger charge is -2.22. The van der Waals surface area contributed by atoms with E-state index in [2.05, 4.69) is 5.32 Å². The molecule has 0 aromatic heterocycles. The second kappa shape index (κ2) is 8.45. The third kappa shape index (κ3) is 3.91. The van der Waals surface area contributed by atoms with Crippen molar-refractivity contribution in [3.05, 3.63) is 29.8 Å². The fraction of sp³-hybridized carbons (Fsp3) is 0.545. The van der Waals surface area contributed by atoms with Crippen LogP contribution in [0, 0.1) is 23.7 Å². The molecule has 0 spiro atoms. The lowest BCUT2D eigenvalue weighted by atomic mass is 9.80. The molecule has 2 saturated carbocycles. The topological polar surface area (TPSA) is 108 Å². The van der Waals surface area contributed by atoms with Crippen LogP contribution in [0.15, 0.2) is 24.3 Å². The number of hydrogen-bond acceptors (Lipinski definition) is 7. The van der Waals surface area contributed by atoms with E-state index < -0.39 is 36.3 Å². The van der Waals surface area contributed by atoms with Crippen LogP contribution in [0.2, 0.25) is 0 Å². The third-order valence-corrected chi connectivity index (χ3v) is 6.24. The van der Waals surface area contributed by atoms with E-state index in [0.29, 0.717) is 24.3 Å². The number of unbranched alkanes of at least 4 members (excludes halogenated alkanes) is 1. The summed E-state index contributed by atoms with van der Waals surface area (Å²) in [6.07, 6.45) is 3.21. The maximum Gasteiger partial charge on any atom is 0.338 e. The average molecular weight is 415 g/mol. The molecule has 2 bridgehead atoms. The summed E-state index contributed by atoms with van der Waals surface area (Å²) in [4.78, 5) is 48.5. The van der Waals surface area contributed by atoms with Crippen LogP contribution in [-0.2, 0) is 28.6 Å². The Kier molecular flexibility index (Phi) is 5.74. The second-order valence-electron chi connectivity index (χ2n) is 8.14. The average Bonchev–Trinajstić information content (AvgIpc) is 3.35. The first-order valence-corrected chi connectivity index (χ1v) is 10.4. The number of rotatable bonds is 8. The summed E-state index contributed by atoms with van der Waals surface area (Å²) >= 11 is 0. The number of amides is 1. The predicted molar refractivity (Wildman–Crippen MR) is 104 cm³/mol. The molecule has 2 aliphatic carbocycles. The number of ether oxygens (including phenoxy) is 3. The minimum Gasteiger partial charge on any atom is -0.462 e. The van der Waals surface area contributed by atoms with Gasteiger partial charge >= 0.3 is 17.9 Å². The molecule has 30 heavy (non-hydrogen) atoms. The zero-order valence-electron chi connectivity index (χ0n) is 16.8. The Morgan fingerprint density at radius 3 is 2.63 bits per heavy atom. The van der Waals surface area contributed by atoms with Crippen LogP contribution in [0.3, 0.4) is 0 Å². The van der Waals surface area contributed by atoms with Crippen LogP contribution < -0.4 is 5.32 Å². The molecule has 1 heterocycles. The van der Waals surface area contributed by atoms with Crippen LogP contribution in [0.5, 0.6) is 0 Å². The van der Waals surface area contributed by atoms with Gasteiger partial charge in [0.15, 0.2) is 6.61 Å². The van der Waals surface area contributed by atoms with Crippen molar-refractivity contribution in [3.63, 3.8) is 0 Å². The van der Waals surface area contributed by atoms with Gasteiger partial charge < -0.3 is 19.5 Å². The number of anilines is 1. The lowest BCUT2D eigenvalue weighted by molar-refractivity contribution is -0.157. The quantitative estimate of drug-likeness (QED) is 0.394. The first-order chi connectivity index (χ1) is 14.5. The standard InChI is InChI=1S/C22H25NO7/c1-2-3-8-28-20(25)12-4-6-14(7-5-12)23-17(24)11-29-21(26)18-13-9-15-16(10-13)30-22(27)19(15)18/h4-7,13,15-16,18-19H,2-3,8-11H2,1H3,(H,23,24)/t13-,15+,16-,18+,19+/m1/s1. The minimum absolute atomic E-state index is 0.0493. The molecule has 1 aromatic rings. The van der Waals surface area contributed by atoms with E-state index in [1.165, 1.54) is 0 Å². The van der Waals surface area contributed by atoms with Gasteiger partial charge in [0.2, 0.25) is 0 Å². The summed E-state index contributed by atoms with van der Waals surface area (Å²) in [5.41, 5.74) is 0.872. The normalized spacial score (nSPS) is 28.2. The Hall–Kier alpha value is -2.90. The molecule has 5 atom stereocenters. The van der Waals surface area contributed by atoms with Crippen molar-refractivity contribution in [1.82, 2.24) is 0 Å².